The van der Waals surface area contributed by atoms with Gasteiger partial charge in [0.05, 0.1) is 10.6 Å². The van der Waals surface area contributed by atoms with Crippen LogP contribution in [0.25, 0.3) is 0 Å². The minimum absolute atomic E-state index is 0.0402. The van der Waals surface area contributed by atoms with Gasteiger partial charge >= 0.3 is 0 Å². The summed E-state index contributed by atoms with van der Waals surface area (Å²) in [6.45, 7) is 0. The van der Waals surface area contributed by atoms with E-state index in [1.54, 1.807) is 0 Å². The van der Waals surface area contributed by atoms with Crippen LogP contribution in [-0.2, 0) is 14.6 Å². The van der Waals surface area contributed by atoms with Gasteiger partial charge in [-0.3, -0.25) is 4.79 Å². The van der Waals surface area contributed by atoms with E-state index in [4.69, 9.17) is 11.6 Å². The molecule has 88 valence electrons. The molecule has 0 aliphatic carbocycles. The summed E-state index contributed by atoms with van der Waals surface area (Å²) in [4.78, 5) is 11.1. The highest BCUT2D eigenvalue weighted by Gasteiger charge is 2.15. The van der Waals surface area contributed by atoms with Gasteiger partial charge in [-0.25, -0.2) is 8.42 Å². The highest BCUT2D eigenvalue weighted by Crippen LogP contribution is 2.15. The van der Waals surface area contributed by atoms with Crippen LogP contribution in [0, 0.1) is 0 Å². The molecular weight excluding hydrogens is 250 g/mol. The standard InChI is InChI=1S/C10H12ClNO3S/c1-12-10(13)6-7-16(14,15)9-4-2-8(11)3-5-9/h2-5H,6-7H2,1H3,(H,12,13). The molecule has 0 atom stereocenters. The lowest BCUT2D eigenvalue weighted by Gasteiger charge is -2.03. The van der Waals surface area contributed by atoms with E-state index >= 15 is 0 Å². The molecular formula is C10H12ClNO3S. The van der Waals surface area contributed by atoms with Crippen molar-refractivity contribution >= 4 is 27.3 Å². The van der Waals surface area contributed by atoms with Gasteiger partial charge in [-0.2, -0.15) is 0 Å². The molecule has 1 aromatic carbocycles. The second kappa shape index (κ2) is 5.32. The fraction of sp³-hybridized carbons (Fsp3) is 0.300. The number of sulfone groups is 1. The van der Waals surface area contributed by atoms with Crippen molar-refractivity contribution < 1.29 is 13.2 Å². The molecule has 0 saturated heterocycles. The van der Waals surface area contributed by atoms with Crippen LogP contribution in [0.5, 0.6) is 0 Å². The van der Waals surface area contributed by atoms with Crippen LogP contribution in [0.2, 0.25) is 5.02 Å². The van der Waals surface area contributed by atoms with E-state index in [1.165, 1.54) is 31.3 Å². The summed E-state index contributed by atoms with van der Waals surface area (Å²) in [5.74, 6) is -0.494. The van der Waals surface area contributed by atoms with Crippen molar-refractivity contribution in [1.29, 1.82) is 0 Å². The Morgan fingerprint density at radius 2 is 1.88 bits per heavy atom. The molecule has 0 aliphatic heterocycles. The van der Waals surface area contributed by atoms with E-state index in [2.05, 4.69) is 5.32 Å². The molecule has 0 heterocycles. The number of carbonyl (C=O) groups excluding carboxylic acids is 1. The zero-order chi connectivity index (χ0) is 12.2. The number of hydrogen-bond acceptors (Lipinski definition) is 3. The summed E-state index contributed by atoms with van der Waals surface area (Å²) in [5, 5.41) is 2.85. The maximum Gasteiger partial charge on any atom is 0.220 e. The van der Waals surface area contributed by atoms with Crippen molar-refractivity contribution in [1.82, 2.24) is 5.32 Å². The Bertz CT molecular complexity index is 467. The van der Waals surface area contributed by atoms with Gasteiger partial charge in [0.1, 0.15) is 0 Å². The molecule has 0 spiro atoms. The van der Waals surface area contributed by atoms with Crippen molar-refractivity contribution in [3.8, 4) is 0 Å². The molecule has 1 aromatic rings. The lowest BCUT2D eigenvalue weighted by Crippen LogP contribution is -2.21. The summed E-state index contributed by atoms with van der Waals surface area (Å²) >= 11 is 5.65. The molecule has 6 heteroatoms. The van der Waals surface area contributed by atoms with Crippen molar-refractivity contribution in [2.75, 3.05) is 12.8 Å². The number of rotatable bonds is 4. The Morgan fingerprint density at radius 3 is 2.38 bits per heavy atom. The molecule has 16 heavy (non-hydrogen) atoms. The Labute approximate surface area is 99.5 Å². The van der Waals surface area contributed by atoms with Gasteiger partial charge in [0, 0.05) is 18.5 Å². The molecule has 1 amide bonds. The van der Waals surface area contributed by atoms with E-state index in [-0.39, 0.29) is 23.0 Å². The first-order valence-electron chi connectivity index (χ1n) is 4.64. The lowest BCUT2D eigenvalue weighted by atomic mass is 10.4. The summed E-state index contributed by atoms with van der Waals surface area (Å²) in [5.41, 5.74) is 0. The van der Waals surface area contributed by atoms with Gasteiger partial charge in [-0.1, -0.05) is 11.6 Å². The van der Waals surface area contributed by atoms with Crippen LogP contribution in [0.4, 0.5) is 0 Å². The van der Waals surface area contributed by atoms with Gasteiger partial charge in [0.15, 0.2) is 9.84 Å². The molecule has 4 nitrogen and oxygen atoms in total. The quantitative estimate of drug-likeness (QED) is 0.887. The predicted molar refractivity (Wildman–Crippen MR) is 62.2 cm³/mol. The Balaban J connectivity index is 2.78. The predicted octanol–water partition coefficient (Wildman–Crippen LogP) is 1.25. The number of nitrogens with one attached hydrogen (secondary N) is 1. The van der Waals surface area contributed by atoms with Crippen molar-refractivity contribution in [3.63, 3.8) is 0 Å². The normalized spacial score (nSPS) is 11.1. The Morgan fingerprint density at radius 1 is 1.31 bits per heavy atom. The van der Waals surface area contributed by atoms with E-state index in [9.17, 15) is 13.2 Å². The summed E-state index contributed by atoms with van der Waals surface area (Å²) in [7, 11) is -1.93. The molecule has 0 saturated carbocycles. The Hall–Kier alpha value is -1.07. The maximum atomic E-state index is 11.7. The highest BCUT2D eigenvalue weighted by molar-refractivity contribution is 7.91. The number of amides is 1. The van der Waals surface area contributed by atoms with E-state index < -0.39 is 9.84 Å². The fourth-order valence-corrected chi connectivity index (χ4v) is 2.48. The van der Waals surface area contributed by atoms with Gasteiger partial charge in [0.25, 0.3) is 0 Å². The third-order valence-corrected chi connectivity index (χ3v) is 4.03. The number of carbonyl (C=O) groups is 1. The average molecular weight is 262 g/mol. The molecule has 1 N–H and O–H groups in total. The molecule has 1 rings (SSSR count). The highest BCUT2D eigenvalue weighted by atomic mass is 35.5. The molecule has 0 unspecified atom stereocenters. The van der Waals surface area contributed by atoms with Crippen molar-refractivity contribution in [2.45, 2.75) is 11.3 Å². The monoisotopic (exact) mass is 261 g/mol. The molecule has 0 bridgehead atoms. The largest absolute Gasteiger partial charge is 0.359 e. The topological polar surface area (TPSA) is 63.2 Å². The first-order chi connectivity index (χ1) is 7.45. The van der Waals surface area contributed by atoms with Crippen LogP contribution < -0.4 is 5.32 Å². The van der Waals surface area contributed by atoms with E-state index in [0.717, 1.165) is 0 Å². The van der Waals surface area contributed by atoms with E-state index in [0.29, 0.717) is 5.02 Å². The van der Waals surface area contributed by atoms with Crippen LogP contribution in [0.1, 0.15) is 6.42 Å². The van der Waals surface area contributed by atoms with E-state index in [1.807, 2.05) is 0 Å². The van der Waals surface area contributed by atoms with Crippen LogP contribution in [0.15, 0.2) is 29.2 Å². The lowest BCUT2D eigenvalue weighted by molar-refractivity contribution is -0.120. The second-order valence-electron chi connectivity index (χ2n) is 3.20. The first-order valence-corrected chi connectivity index (χ1v) is 6.67. The molecule has 0 aromatic heterocycles. The zero-order valence-corrected chi connectivity index (χ0v) is 10.3. The second-order valence-corrected chi connectivity index (χ2v) is 5.74. The third-order valence-electron chi connectivity index (χ3n) is 2.05. The van der Waals surface area contributed by atoms with Crippen molar-refractivity contribution in [2.24, 2.45) is 0 Å². The van der Waals surface area contributed by atoms with Crippen LogP contribution in [-0.4, -0.2) is 27.1 Å². The van der Waals surface area contributed by atoms with Gasteiger partial charge in [0.2, 0.25) is 5.91 Å². The summed E-state index contributed by atoms with van der Waals surface area (Å²) in [6, 6.07) is 5.88. The molecule has 0 aliphatic rings. The maximum absolute atomic E-state index is 11.7. The fourth-order valence-electron chi connectivity index (χ4n) is 1.11. The minimum Gasteiger partial charge on any atom is -0.359 e. The average Bonchev–Trinajstić information content (AvgIpc) is 2.26. The summed E-state index contributed by atoms with van der Waals surface area (Å²) < 4.78 is 23.5. The number of hydrogen-bond donors (Lipinski definition) is 1. The van der Waals surface area contributed by atoms with Crippen LogP contribution in [0.3, 0.4) is 0 Å². The van der Waals surface area contributed by atoms with Gasteiger partial charge in [-0.05, 0) is 24.3 Å². The van der Waals surface area contributed by atoms with Crippen molar-refractivity contribution in [3.05, 3.63) is 29.3 Å². The smallest absolute Gasteiger partial charge is 0.220 e. The number of halogens is 1. The third kappa shape index (κ3) is 3.50. The van der Waals surface area contributed by atoms with Crippen LogP contribution >= 0.6 is 11.6 Å². The zero-order valence-electron chi connectivity index (χ0n) is 8.73. The minimum atomic E-state index is -3.40. The summed E-state index contributed by atoms with van der Waals surface area (Å²) in [6.07, 6.45) is -0.0402. The number of benzene rings is 1. The van der Waals surface area contributed by atoms with Gasteiger partial charge < -0.3 is 5.32 Å². The first kappa shape index (κ1) is 13.0. The Kier molecular flexibility index (Phi) is 4.32. The SMILES string of the molecule is CNC(=O)CCS(=O)(=O)c1ccc(Cl)cc1. The molecule has 0 fully saturated rings. The van der Waals surface area contributed by atoms with Gasteiger partial charge in [-0.15, -0.1) is 0 Å². The molecule has 0 radical (unpaired) electrons.